The topological polar surface area (TPSA) is 140 Å². The van der Waals surface area contributed by atoms with Gasteiger partial charge in [0, 0.05) is 24.2 Å². The van der Waals surface area contributed by atoms with Crippen molar-refractivity contribution in [2.75, 3.05) is 6.61 Å². The number of nitrogens with one attached hydrogen (secondary N) is 3. The number of carbonyl (C=O) groups is 3. The Bertz CT molecular complexity index is 1040. The summed E-state index contributed by atoms with van der Waals surface area (Å²) >= 11 is 0. The first-order valence-electron chi connectivity index (χ1n) is 12.9. The quantitative estimate of drug-likeness (QED) is 0.413. The van der Waals surface area contributed by atoms with Gasteiger partial charge in [-0.2, -0.15) is 5.10 Å². The smallest absolute Gasteiger partial charge is 0.312 e. The van der Waals surface area contributed by atoms with Crippen LogP contribution in [0.4, 0.5) is 4.79 Å². The second-order valence-corrected chi connectivity index (χ2v) is 12.2. The summed E-state index contributed by atoms with van der Waals surface area (Å²) < 4.78 is 7.60. The third-order valence-electron chi connectivity index (χ3n) is 7.51. The number of hydrogen-bond donors (Lipinski definition) is 4. The van der Waals surface area contributed by atoms with Gasteiger partial charge in [-0.05, 0) is 76.2 Å². The largest absolute Gasteiger partial charge is 0.477 e. The summed E-state index contributed by atoms with van der Waals surface area (Å²) in [6.07, 6.45) is 10.5. The van der Waals surface area contributed by atoms with E-state index in [4.69, 9.17) is 10.5 Å². The maximum Gasteiger partial charge on any atom is 0.312 e. The predicted octanol–water partition coefficient (Wildman–Crippen LogP) is 2.79. The fraction of sp³-hybridized carbons (Fsp3) is 0.692. The summed E-state index contributed by atoms with van der Waals surface area (Å²) in [5.74, 6) is 1.16. The average Bonchev–Trinajstić information content (AvgIpc) is 3.10. The second-order valence-electron chi connectivity index (χ2n) is 12.2. The number of ether oxygens (including phenoxy) is 1. The molecule has 2 atom stereocenters. The van der Waals surface area contributed by atoms with Crippen LogP contribution in [0.25, 0.3) is 6.20 Å². The number of nitrogens with two attached hydrogens (primary N) is 1. The molecule has 0 aromatic carbocycles. The minimum Gasteiger partial charge on any atom is -0.477 e. The first-order valence-corrected chi connectivity index (χ1v) is 12.9. The predicted molar refractivity (Wildman–Crippen MR) is 136 cm³/mol. The van der Waals surface area contributed by atoms with Gasteiger partial charge in [-0.3, -0.25) is 9.59 Å². The highest BCUT2D eigenvalue weighted by Gasteiger charge is 2.58. The Kier molecular flexibility index (Phi) is 6.83. The van der Waals surface area contributed by atoms with Gasteiger partial charge in [-0.15, -0.1) is 0 Å². The number of primary amides is 1. The Hall–Kier alpha value is -3.04. The van der Waals surface area contributed by atoms with Crippen LogP contribution in [-0.2, 0) is 4.79 Å². The molecule has 4 aliphatic carbocycles. The zero-order valence-electron chi connectivity index (χ0n) is 22.0. The van der Waals surface area contributed by atoms with E-state index in [0.29, 0.717) is 36.3 Å². The summed E-state index contributed by atoms with van der Waals surface area (Å²) in [4.78, 5) is 36.9. The monoisotopic (exact) mass is 500 g/mol. The summed E-state index contributed by atoms with van der Waals surface area (Å²) in [6, 6.07) is -0.502. The third-order valence-corrected chi connectivity index (χ3v) is 7.51. The Labute approximate surface area is 212 Å². The van der Waals surface area contributed by atoms with Gasteiger partial charge < -0.3 is 26.4 Å². The van der Waals surface area contributed by atoms with E-state index in [1.165, 1.54) is 17.8 Å². The van der Waals surface area contributed by atoms with Crippen molar-refractivity contribution in [2.45, 2.75) is 89.8 Å². The van der Waals surface area contributed by atoms with E-state index in [1.54, 1.807) is 6.20 Å². The van der Waals surface area contributed by atoms with Gasteiger partial charge in [-0.25, -0.2) is 9.48 Å². The lowest BCUT2D eigenvalue weighted by atomic mass is 9.50. The minimum absolute atomic E-state index is 0.138. The van der Waals surface area contributed by atoms with Gasteiger partial charge in [0.15, 0.2) is 0 Å². The second kappa shape index (κ2) is 9.44. The first kappa shape index (κ1) is 26.0. The van der Waals surface area contributed by atoms with Gasteiger partial charge in [0.2, 0.25) is 11.8 Å². The SMILES string of the molecule is CC(=O)NC(C)(C)/C=C/n1ncc(C(=O)NC23CC4CC(CC(NC(N)=O)(C4)C2)C3)c1OCC(C)C. The number of carbonyl (C=O) groups excluding carboxylic acids is 3. The standard InChI is InChI=1S/C26H40N6O4/c1-16(2)14-36-22-20(13-28-32(22)7-6-24(4,5)29-17(3)33)21(34)30-25-9-18-8-19(10-25)12-26(11-18,15-25)31-23(27)35/h6-7,13,16,18-19H,8-12,14-15H2,1-5H3,(H,29,33)(H,30,34)(H3,27,31,35)/b7-6+. The van der Waals surface area contributed by atoms with E-state index in [9.17, 15) is 14.4 Å². The molecule has 10 nitrogen and oxygen atoms in total. The molecule has 4 fully saturated rings. The van der Waals surface area contributed by atoms with Crippen LogP contribution in [0.1, 0.15) is 83.5 Å². The molecule has 4 bridgehead atoms. The fourth-order valence-corrected chi connectivity index (χ4v) is 6.88. The van der Waals surface area contributed by atoms with Crippen molar-refractivity contribution in [3.63, 3.8) is 0 Å². The Balaban J connectivity index is 1.58. The molecule has 0 saturated heterocycles. The van der Waals surface area contributed by atoms with Crippen LogP contribution in [0.2, 0.25) is 0 Å². The molecule has 1 aromatic heterocycles. The molecule has 2 unspecified atom stereocenters. The van der Waals surface area contributed by atoms with Crippen molar-refractivity contribution >= 4 is 24.0 Å². The van der Waals surface area contributed by atoms with Gasteiger partial charge in [-0.1, -0.05) is 13.8 Å². The zero-order chi connectivity index (χ0) is 26.3. The number of urea groups is 1. The van der Waals surface area contributed by atoms with Gasteiger partial charge in [0.25, 0.3) is 5.91 Å². The van der Waals surface area contributed by atoms with Crippen LogP contribution in [0.3, 0.4) is 0 Å². The van der Waals surface area contributed by atoms with Gasteiger partial charge in [0.05, 0.1) is 18.3 Å². The lowest BCUT2D eigenvalue weighted by Gasteiger charge is -2.62. The Morgan fingerprint density at radius 3 is 2.36 bits per heavy atom. The first-order chi connectivity index (χ1) is 16.8. The van der Waals surface area contributed by atoms with Crippen molar-refractivity contribution in [1.29, 1.82) is 0 Å². The molecule has 4 saturated carbocycles. The van der Waals surface area contributed by atoms with E-state index in [0.717, 1.165) is 32.1 Å². The lowest BCUT2D eigenvalue weighted by Crippen LogP contribution is -2.70. The van der Waals surface area contributed by atoms with Gasteiger partial charge in [0.1, 0.15) is 5.56 Å². The van der Waals surface area contributed by atoms with E-state index in [1.807, 2.05) is 33.8 Å². The van der Waals surface area contributed by atoms with E-state index >= 15 is 0 Å². The van der Waals surface area contributed by atoms with Crippen molar-refractivity contribution in [3.8, 4) is 5.88 Å². The molecule has 5 N–H and O–H groups in total. The maximum atomic E-state index is 13.6. The van der Waals surface area contributed by atoms with Crippen LogP contribution < -0.4 is 26.4 Å². The Morgan fingerprint density at radius 1 is 1.19 bits per heavy atom. The zero-order valence-corrected chi connectivity index (χ0v) is 22.0. The number of hydrogen-bond acceptors (Lipinski definition) is 5. The number of aromatic nitrogens is 2. The summed E-state index contributed by atoms with van der Waals surface area (Å²) in [5, 5.41) is 13.6. The minimum atomic E-state index is -0.601. The third kappa shape index (κ3) is 5.68. The molecular formula is C26H40N6O4. The maximum absolute atomic E-state index is 13.6. The van der Waals surface area contributed by atoms with Crippen molar-refractivity contribution in [2.24, 2.45) is 23.5 Å². The number of amides is 4. The van der Waals surface area contributed by atoms with E-state index < -0.39 is 11.6 Å². The molecule has 198 valence electrons. The molecule has 0 spiro atoms. The molecule has 0 aliphatic heterocycles. The van der Waals surface area contributed by atoms with E-state index in [-0.39, 0.29) is 28.8 Å². The van der Waals surface area contributed by atoms with Crippen molar-refractivity contribution < 1.29 is 19.1 Å². The van der Waals surface area contributed by atoms with Crippen LogP contribution in [-0.4, -0.2) is 50.8 Å². The molecular weight excluding hydrogens is 460 g/mol. The van der Waals surface area contributed by atoms with Crippen LogP contribution >= 0.6 is 0 Å². The van der Waals surface area contributed by atoms with Crippen LogP contribution in [0, 0.1) is 17.8 Å². The van der Waals surface area contributed by atoms with Crippen molar-refractivity contribution in [1.82, 2.24) is 25.7 Å². The van der Waals surface area contributed by atoms with Crippen molar-refractivity contribution in [3.05, 3.63) is 17.8 Å². The lowest BCUT2D eigenvalue weighted by molar-refractivity contribution is -0.120. The summed E-state index contributed by atoms with van der Waals surface area (Å²) in [7, 11) is 0. The van der Waals surface area contributed by atoms with E-state index in [2.05, 4.69) is 21.0 Å². The summed E-state index contributed by atoms with van der Waals surface area (Å²) in [5.41, 5.74) is 4.56. The molecule has 10 heteroatoms. The highest BCUT2D eigenvalue weighted by molar-refractivity contribution is 5.97. The van der Waals surface area contributed by atoms with Crippen LogP contribution in [0.15, 0.2) is 12.3 Å². The normalized spacial score (nSPS) is 28.9. The average molecular weight is 501 g/mol. The molecule has 1 aromatic rings. The molecule has 4 aliphatic rings. The van der Waals surface area contributed by atoms with Gasteiger partial charge >= 0.3 is 6.03 Å². The highest BCUT2D eigenvalue weighted by atomic mass is 16.5. The molecule has 4 amide bonds. The number of rotatable bonds is 9. The fourth-order valence-electron chi connectivity index (χ4n) is 6.88. The Morgan fingerprint density at radius 2 is 1.81 bits per heavy atom. The molecule has 1 heterocycles. The highest BCUT2D eigenvalue weighted by Crippen LogP contribution is 2.57. The van der Waals surface area contributed by atoms with Crippen LogP contribution in [0.5, 0.6) is 5.88 Å². The molecule has 36 heavy (non-hydrogen) atoms. The summed E-state index contributed by atoms with van der Waals surface area (Å²) in [6.45, 7) is 9.72. The molecule has 0 radical (unpaired) electrons. The number of nitrogens with zero attached hydrogens (tertiary/aromatic N) is 2. The molecule has 5 rings (SSSR count).